The number of ether oxygens (including phenoxy) is 2. The normalized spacial score (nSPS) is 24.8. The SMILES string of the molecule is Cn1c(C2CCNC(C)(C)C2)nc2c1C1(CCN(C(=O)OCC3CC3)CC1)Oc1cccnc1-2. The van der Waals surface area contributed by atoms with Gasteiger partial charge < -0.3 is 24.3 Å². The Morgan fingerprint density at radius 2 is 2.03 bits per heavy atom. The molecule has 8 heteroatoms. The third-order valence-electron chi connectivity index (χ3n) is 8.05. The van der Waals surface area contributed by atoms with Gasteiger partial charge >= 0.3 is 6.09 Å². The maximum absolute atomic E-state index is 12.6. The van der Waals surface area contributed by atoms with Crippen LogP contribution in [0, 0.1) is 5.92 Å². The average Bonchev–Trinajstić information content (AvgIpc) is 3.58. The zero-order valence-corrected chi connectivity index (χ0v) is 20.5. The Kier molecular flexibility index (Phi) is 5.13. The third kappa shape index (κ3) is 3.76. The summed E-state index contributed by atoms with van der Waals surface area (Å²) in [5.74, 6) is 2.86. The van der Waals surface area contributed by atoms with Crippen molar-refractivity contribution in [3.8, 4) is 17.1 Å². The van der Waals surface area contributed by atoms with E-state index in [1.807, 2.05) is 23.2 Å². The first-order valence-electron chi connectivity index (χ1n) is 12.7. The van der Waals surface area contributed by atoms with Crippen LogP contribution >= 0.6 is 0 Å². The number of amides is 1. The van der Waals surface area contributed by atoms with Crippen molar-refractivity contribution in [2.24, 2.45) is 13.0 Å². The molecular weight excluding hydrogens is 430 g/mol. The summed E-state index contributed by atoms with van der Waals surface area (Å²) in [5, 5.41) is 3.62. The van der Waals surface area contributed by atoms with Crippen LogP contribution in [0.25, 0.3) is 11.4 Å². The molecule has 0 bridgehead atoms. The molecule has 1 spiro atoms. The summed E-state index contributed by atoms with van der Waals surface area (Å²) in [6.45, 7) is 7.29. The van der Waals surface area contributed by atoms with Crippen molar-refractivity contribution in [1.29, 1.82) is 0 Å². The molecule has 6 rings (SSSR count). The molecular formula is C26H35N5O3. The predicted octanol–water partition coefficient (Wildman–Crippen LogP) is 3.96. The number of nitrogens with one attached hydrogen (secondary N) is 1. The number of imidazole rings is 1. The van der Waals surface area contributed by atoms with Gasteiger partial charge in [0.2, 0.25) is 0 Å². The number of rotatable bonds is 3. The first-order chi connectivity index (χ1) is 16.4. The van der Waals surface area contributed by atoms with Crippen molar-refractivity contribution in [2.45, 2.75) is 69.4 Å². The van der Waals surface area contributed by atoms with Crippen LogP contribution in [-0.2, 0) is 17.4 Å². The summed E-state index contributed by atoms with van der Waals surface area (Å²) in [5.41, 5.74) is 2.45. The fourth-order valence-corrected chi connectivity index (χ4v) is 6.03. The number of carbonyl (C=O) groups excluding carboxylic acids is 1. The number of nitrogens with zero attached hydrogens (tertiary/aromatic N) is 4. The summed E-state index contributed by atoms with van der Waals surface area (Å²) < 4.78 is 14.6. The Hall–Kier alpha value is -2.61. The second kappa shape index (κ2) is 7.97. The van der Waals surface area contributed by atoms with Crippen LogP contribution in [-0.4, -0.2) is 57.3 Å². The maximum Gasteiger partial charge on any atom is 0.409 e. The molecule has 1 atom stereocenters. The number of fused-ring (bicyclic) bond motifs is 4. The second-order valence-electron chi connectivity index (χ2n) is 11.2. The van der Waals surface area contributed by atoms with Gasteiger partial charge in [-0.15, -0.1) is 0 Å². The zero-order chi connectivity index (χ0) is 23.5. The highest BCUT2D eigenvalue weighted by Crippen LogP contribution is 2.49. The van der Waals surface area contributed by atoms with Gasteiger partial charge in [-0.25, -0.2) is 9.78 Å². The van der Waals surface area contributed by atoms with Crippen molar-refractivity contribution < 1.29 is 14.3 Å². The molecule has 8 nitrogen and oxygen atoms in total. The van der Waals surface area contributed by atoms with E-state index in [9.17, 15) is 4.79 Å². The van der Waals surface area contributed by atoms with Crippen molar-refractivity contribution in [3.05, 3.63) is 29.8 Å². The highest BCUT2D eigenvalue weighted by molar-refractivity contribution is 5.70. The molecule has 3 aliphatic heterocycles. The molecule has 1 N–H and O–H groups in total. The lowest BCUT2D eigenvalue weighted by atomic mass is 9.83. The minimum absolute atomic E-state index is 0.0892. The Labute approximate surface area is 201 Å². The summed E-state index contributed by atoms with van der Waals surface area (Å²) in [6, 6.07) is 3.91. The fourth-order valence-electron chi connectivity index (χ4n) is 6.03. The van der Waals surface area contributed by atoms with Gasteiger partial charge in [-0.1, -0.05) is 0 Å². The van der Waals surface area contributed by atoms with E-state index in [0.29, 0.717) is 44.4 Å². The number of carbonyl (C=O) groups is 1. The molecule has 0 radical (unpaired) electrons. The lowest BCUT2D eigenvalue weighted by Gasteiger charge is -2.44. The summed E-state index contributed by atoms with van der Waals surface area (Å²) in [4.78, 5) is 24.3. The monoisotopic (exact) mass is 465 g/mol. The van der Waals surface area contributed by atoms with E-state index in [-0.39, 0.29) is 11.6 Å². The van der Waals surface area contributed by atoms with E-state index < -0.39 is 5.60 Å². The number of hydrogen-bond donors (Lipinski definition) is 1. The van der Waals surface area contributed by atoms with E-state index in [4.69, 9.17) is 14.5 Å². The lowest BCUT2D eigenvalue weighted by molar-refractivity contribution is -0.0115. The van der Waals surface area contributed by atoms with Crippen LogP contribution in [0.15, 0.2) is 18.3 Å². The molecule has 34 heavy (non-hydrogen) atoms. The third-order valence-corrected chi connectivity index (χ3v) is 8.05. The largest absolute Gasteiger partial charge is 0.478 e. The van der Waals surface area contributed by atoms with Gasteiger partial charge in [-0.2, -0.15) is 0 Å². The summed E-state index contributed by atoms with van der Waals surface area (Å²) in [7, 11) is 2.13. The van der Waals surface area contributed by atoms with Crippen LogP contribution in [0.1, 0.15) is 69.8 Å². The molecule has 3 fully saturated rings. The Bertz CT molecular complexity index is 1100. The maximum atomic E-state index is 12.6. The molecule has 1 saturated carbocycles. The number of likely N-dealkylation sites (tertiary alicyclic amines) is 1. The predicted molar refractivity (Wildman–Crippen MR) is 128 cm³/mol. The van der Waals surface area contributed by atoms with E-state index >= 15 is 0 Å². The molecule has 1 amide bonds. The summed E-state index contributed by atoms with van der Waals surface area (Å²) >= 11 is 0. The second-order valence-corrected chi connectivity index (χ2v) is 11.2. The van der Waals surface area contributed by atoms with Crippen LogP contribution in [0.3, 0.4) is 0 Å². The average molecular weight is 466 g/mol. The highest BCUT2D eigenvalue weighted by Gasteiger charge is 2.49. The molecule has 1 aliphatic carbocycles. The van der Waals surface area contributed by atoms with Crippen LogP contribution in [0.2, 0.25) is 0 Å². The number of pyridine rings is 1. The molecule has 1 unspecified atom stereocenters. The highest BCUT2D eigenvalue weighted by atomic mass is 16.6. The van der Waals surface area contributed by atoms with E-state index in [1.54, 1.807) is 0 Å². The molecule has 2 aromatic rings. The quantitative estimate of drug-likeness (QED) is 0.739. The van der Waals surface area contributed by atoms with Gasteiger partial charge in [0.05, 0.1) is 12.3 Å². The molecule has 2 aromatic heterocycles. The molecule has 182 valence electrons. The minimum atomic E-state index is -0.513. The van der Waals surface area contributed by atoms with Crippen LogP contribution in [0.5, 0.6) is 5.75 Å². The Morgan fingerprint density at radius 3 is 2.76 bits per heavy atom. The minimum Gasteiger partial charge on any atom is -0.478 e. The van der Waals surface area contributed by atoms with Crippen molar-refractivity contribution in [1.82, 2.24) is 24.8 Å². The standard InChI is InChI=1S/C26H35N5O3/c1-25(2)15-18(8-12-28-25)23-29-21-20-19(5-4-11-27-20)34-26(22(21)30(23)3)9-13-31(14-10-26)24(32)33-16-17-6-7-17/h4-5,11,17-18,28H,6-10,12-16H2,1-3H3. The van der Waals surface area contributed by atoms with Gasteiger partial charge in [-0.05, 0) is 64.1 Å². The van der Waals surface area contributed by atoms with Gasteiger partial charge in [-0.3, -0.25) is 4.98 Å². The van der Waals surface area contributed by atoms with Crippen molar-refractivity contribution in [2.75, 3.05) is 26.2 Å². The molecule has 5 heterocycles. The lowest BCUT2D eigenvalue weighted by Crippen LogP contribution is -2.50. The smallest absolute Gasteiger partial charge is 0.409 e. The van der Waals surface area contributed by atoms with Crippen molar-refractivity contribution in [3.63, 3.8) is 0 Å². The Morgan fingerprint density at radius 1 is 1.24 bits per heavy atom. The number of piperidine rings is 2. The van der Waals surface area contributed by atoms with Gasteiger partial charge in [0.1, 0.15) is 23.0 Å². The van der Waals surface area contributed by atoms with Gasteiger partial charge in [0.25, 0.3) is 0 Å². The number of hydrogen-bond acceptors (Lipinski definition) is 6. The van der Waals surface area contributed by atoms with Gasteiger partial charge in [0, 0.05) is 50.6 Å². The van der Waals surface area contributed by atoms with Crippen molar-refractivity contribution >= 4 is 6.09 Å². The van der Waals surface area contributed by atoms with Crippen LogP contribution in [0.4, 0.5) is 4.79 Å². The van der Waals surface area contributed by atoms with E-state index in [0.717, 1.165) is 48.0 Å². The van der Waals surface area contributed by atoms with Crippen LogP contribution < -0.4 is 10.1 Å². The van der Waals surface area contributed by atoms with E-state index in [2.05, 4.69) is 35.8 Å². The molecule has 0 aromatic carbocycles. The molecule has 4 aliphatic rings. The number of aromatic nitrogens is 3. The fraction of sp³-hybridized carbons (Fsp3) is 0.654. The first kappa shape index (κ1) is 21.9. The van der Waals surface area contributed by atoms with Gasteiger partial charge in [0.15, 0.2) is 5.60 Å². The van der Waals surface area contributed by atoms with E-state index in [1.165, 1.54) is 12.8 Å². The first-order valence-corrected chi connectivity index (χ1v) is 12.7. The zero-order valence-electron chi connectivity index (χ0n) is 20.5. The Balaban J connectivity index is 1.32. The molecule has 2 saturated heterocycles. The summed E-state index contributed by atoms with van der Waals surface area (Å²) in [6.07, 6.45) is 7.51. The topological polar surface area (TPSA) is 81.5 Å².